The highest BCUT2D eigenvalue weighted by Crippen LogP contribution is 2.30. The van der Waals surface area contributed by atoms with E-state index in [2.05, 4.69) is 24.8 Å². The van der Waals surface area contributed by atoms with Crippen LogP contribution in [0.1, 0.15) is 12.8 Å². The Kier molecular flexibility index (Phi) is 4.16. The number of hydrogen-bond acceptors (Lipinski definition) is 4. The first kappa shape index (κ1) is 15.5. The highest BCUT2D eigenvalue weighted by molar-refractivity contribution is 6.32. The van der Waals surface area contributed by atoms with Crippen molar-refractivity contribution in [2.45, 2.75) is 18.9 Å². The number of fused-ring (bicyclic) bond motifs is 1. The zero-order valence-corrected chi connectivity index (χ0v) is 14.3. The number of halogens is 2. The number of benzene rings is 1. The summed E-state index contributed by atoms with van der Waals surface area (Å²) in [5.74, 6) is 1.50. The van der Waals surface area contributed by atoms with Crippen molar-refractivity contribution in [3.63, 3.8) is 0 Å². The van der Waals surface area contributed by atoms with Gasteiger partial charge >= 0.3 is 10.9 Å². The van der Waals surface area contributed by atoms with Gasteiger partial charge in [0.15, 0.2) is 12.1 Å². The number of aromatic amines is 2. The van der Waals surface area contributed by atoms with E-state index in [1.807, 2.05) is 24.3 Å². The molecule has 0 aliphatic carbocycles. The summed E-state index contributed by atoms with van der Waals surface area (Å²) in [6.45, 7) is 1.44. The number of nitrogens with one attached hydrogen (secondary N) is 2. The maximum atomic E-state index is 6.16. The van der Waals surface area contributed by atoms with Crippen LogP contribution in [0.5, 0.6) is 5.75 Å². The molecule has 2 N–H and O–H groups in total. The third-order valence-electron chi connectivity index (χ3n) is 4.21. The summed E-state index contributed by atoms with van der Waals surface area (Å²) in [7, 11) is 0. The van der Waals surface area contributed by atoms with E-state index in [1.54, 1.807) is 6.33 Å². The zero-order valence-electron chi connectivity index (χ0n) is 12.8. The number of para-hydroxylation sites is 1. The lowest BCUT2D eigenvalue weighted by molar-refractivity contribution is -0.347. The van der Waals surface area contributed by atoms with Gasteiger partial charge in [0.05, 0.1) is 11.1 Å². The van der Waals surface area contributed by atoms with Crippen LogP contribution in [-0.2, 0) is 0 Å². The fraction of sp³-hybridized carbons (Fsp3) is 0.312. The molecule has 0 bridgehead atoms. The molecule has 3 aromatic rings. The molecule has 4 rings (SSSR count). The van der Waals surface area contributed by atoms with Crippen LogP contribution < -0.4 is 14.6 Å². The van der Waals surface area contributed by atoms with Crippen molar-refractivity contribution in [3.8, 4) is 5.75 Å². The minimum atomic E-state index is 0.207. The lowest BCUT2D eigenvalue weighted by Gasteiger charge is -2.25. The topological polar surface area (TPSA) is 68.2 Å². The molecule has 124 valence electrons. The van der Waals surface area contributed by atoms with Crippen molar-refractivity contribution in [3.05, 3.63) is 40.9 Å². The van der Waals surface area contributed by atoms with E-state index >= 15 is 0 Å². The molecule has 1 aliphatic heterocycles. The predicted molar refractivity (Wildman–Crippen MR) is 92.8 cm³/mol. The Hall–Kier alpha value is -2.05. The molecule has 0 radical (unpaired) electrons. The van der Waals surface area contributed by atoms with Crippen LogP contribution in [-0.4, -0.2) is 34.1 Å². The van der Waals surface area contributed by atoms with Crippen molar-refractivity contribution >= 4 is 40.2 Å². The highest BCUT2D eigenvalue weighted by atomic mass is 35.5. The van der Waals surface area contributed by atoms with Gasteiger partial charge in [-0.15, -0.1) is 0 Å². The second-order valence-electron chi connectivity index (χ2n) is 5.70. The maximum Gasteiger partial charge on any atom is 0.306 e. The first-order valence-corrected chi connectivity index (χ1v) is 8.54. The van der Waals surface area contributed by atoms with E-state index in [0.29, 0.717) is 23.0 Å². The quantitative estimate of drug-likeness (QED) is 0.722. The SMILES string of the molecule is Clc1nc(N2CCCC2COc2ccccc2Cl)c2[nH]c[nH+]c2n1. The lowest BCUT2D eigenvalue weighted by Crippen LogP contribution is -2.35. The number of ether oxygens (including phenoxy) is 1. The van der Waals surface area contributed by atoms with Gasteiger partial charge in [-0.2, -0.15) is 4.98 Å². The summed E-state index contributed by atoms with van der Waals surface area (Å²) in [6, 6.07) is 7.71. The van der Waals surface area contributed by atoms with Crippen molar-refractivity contribution in [2.75, 3.05) is 18.1 Å². The maximum absolute atomic E-state index is 6.16. The van der Waals surface area contributed by atoms with Crippen LogP contribution in [0, 0.1) is 0 Å². The Morgan fingerprint density at radius 1 is 1.29 bits per heavy atom. The summed E-state index contributed by atoms with van der Waals surface area (Å²) in [5.41, 5.74) is 1.55. The van der Waals surface area contributed by atoms with E-state index in [4.69, 9.17) is 27.9 Å². The van der Waals surface area contributed by atoms with Gasteiger partial charge in [-0.05, 0) is 36.6 Å². The van der Waals surface area contributed by atoms with Gasteiger partial charge in [0, 0.05) is 6.54 Å². The lowest BCUT2D eigenvalue weighted by atomic mass is 10.2. The number of hydrogen-bond donors (Lipinski definition) is 1. The monoisotopic (exact) mass is 364 g/mol. The van der Waals surface area contributed by atoms with Crippen molar-refractivity contribution in [2.24, 2.45) is 0 Å². The average molecular weight is 365 g/mol. The zero-order chi connectivity index (χ0) is 16.5. The fourth-order valence-electron chi connectivity index (χ4n) is 3.08. The second-order valence-corrected chi connectivity index (χ2v) is 6.45. The van der Waals surface area contributed by atoms with Gasteiger partial charge in [0.25, 0.3) is 0 Å². The smallest absolute Gasteiger partial charge is 0.306 e. The number of anilines is 1. The van der Waals surface area contributed by atoms with Crippen molar-refractivity contribution < 1.29 is 9.72 Å². The van der Waals surface area contributed by atoms with Gasteiger partial charge in [0.2, 0.25) is 5.52 Å². The number of rotatable bonds is 4. The van der Waals surface area contributed by atoms with Crippen LogP contribution in [0.4, 0.5) is 5.82 Å². The Balaban J connectivity index is 1.58. The molecule has 1 atom stereocenters. The summed E-state index contributed by atoms with van der Waals surface area (Å²) >= 11 is 12.2. The number of aromatic nitrogens is 4. The summed E-state index contributed by atoms with van der Waals surface area (Å²) in [4.78, 5) is 17.0. The first-order chi connectivity index (χ1) is 11.7. The molecular formula is C16H16Cl2N5O+. The molecule has 2 aromatic heterocycles. The molecule has 0 amide bonds. The molecule has 1 aliphatic rings. The minimum absolute atomic E-state index is 0.207. The summed E-state index contributed by atoms with van der Waals surface area (Å²) in [5, 5.41) is 0.847. The Bertz CT molecular complexity index is 869. The van der Waals surface area contributed by atoms with Crippen LogP contribution in [0.15, 0.2) is 30.6 Å². The third kappa shape index (κ3) is 2.87. The van der Waals surface area contributed by atoms with Gasteiger partial charge in [-0.25, -0.2) is 4.98 Å². The standard InChI is InChI=1S/C16H15Cl2N5O/c17-11-5-1-2-6-12(11)24-8-10-4-3-7-23(10)15-13-14(20-9-19-13)21-16(18)22-15/h1-2,5-6,9-10H,3-4,7-8H2,(H,19,20,21,22)/p+1. The number of H-pyrrole nitrogens is 2. The van der Waals surface area contributed by atoms with E-state index in [0.717, 1.165) is 30.7 Å². The average Bonchev–Trinajstić information content (AvgIpc) is 3.22. The van der Waals surface area contributed by atoms with Crippen LogP contribution in [0.25, 0.3) is 11.2 Å². The Morgan fingerprint density at radius 3 is 3.04 bits per heavy atom. The van der Waals surface area contributed by atoms with Crippen molar-refractivity contribution in [1.29, 1.82) is 0 Å². The van der Waals surface area contributed by atoms with Crippen LogP contribution in [0.3, 0.4) is 0 Å². The molecule has 1 saturated heterocycles. The molecule has 1 unspecified atom stereocenters. The molecule has 8 heteroatoms. The molecular weight excluding hydrogens is 349 g/mol. The van der Waals surface area contributed by atoms with E-state index in [9.17, 15) is 0 Å². The summed E-state index contributed by atoms with van der Waals surface area (Å²) < 4.78 is 5.93. The molecule has 0 saturated carbocycles. The second kappa shape index (κ2) is 6.45. The van der Waals surface area contributed by atoms with E-state index in [-0.39, 0.29) is 11.3 Å². The third-order valence-corrected chi connectivity index (χ3v) is 4.69. The molecule has 0 spiro atoms. The number of imidazole rings is 1. The van der Waals surface area contributed by atoms with E-state index in [1.165, 1.54) is 0 Å². The molecule has 6 nitrogen and oxygen atoms in total. The van der Waals surface area contributed by atoms with Gasteiger partial charge in [-0.3, -0.25) is 4.98 Å². The van der Waals surface area contributed by atoms with Gasteiger partial charge in [0.1, 0.15) is 12.4 Å². The van der Waals surface area contributed by atoms with Crippen LogP contribution >= 0.6 is 23.2 Å². The predicted octanol–water partition coefficient (Wildman–Crippen LogP) is 3.13. The Labute approximate surface area is 148 Å². The summed E-state index contributed by atoms with van der Waals surface area (Å²) in [6.07, 6.45) is 3.83. The highest BCUT2D eigenvalue weighted by Gasteiger charge is 2.30. The molecule has 3 heterocycles. The molecule has 1 aromatic carbocycles. The molecule has 1 fully saturated rings. The fourth-order valence-corrected chi connectivity index (χ4v) is 3.43. The largest absolute Gasteiger partial charge is 0.490 e. The van der Waals surface area contributed by atoms with Crippen molar-refractivity contribution in [1.82, 2.24) is 15.0 Å². The first-order valence-electron chi connectivity index (χ1n) is 7.78. The van der Waals surface area contributed by atoms with Crippen LogP contribution in [0.2, 0.25) is 10.3 Å². The van der Waals surface area contributed by atoms with E-state index < -0.39 is 0 Å². The normalized spacial score (nSPS) is 17.6. The number of nitrogens with zero attached hydrogens (tertiary/aromatic N) is 3. The Morgan fingerprint density at radius 2 is 2.17 bits per heavy atom. The molecule has 24 heavy (non-hydrogen) atoms. The minimum Gasteiger partial charge on any atom is -0.490 e. The van der Waals surface area contributed by atoms with Gasteiger partial charge < -0.3 is 9.64 Å². The van der Waals surface area contributed by atoms with Gasteiger partial charge in [-0.1, -0.05) is 28.7 Å².